The lowest BCUT2D eigenvalue weighted by Gasteiger charge is -2.33. The van der Waals surface area contributed by atoms with E-state index in [0.29, 0.717) is 6.42 Å². The van der Waals surface area contributed by atoms with E-state index in [4.69, 9.17) is 4.74 Å². The number of hydrogen-bond donors (Lipinski definition) is 3. The molecule has 0 spiro atoms. The Morgan fingerprint density at radius 3 is 2.65 bits per heavy atom. The third-order valence-corrected chi connectivity index (χ3v) is 3.77. The summed E-state index contributed by atoms with van der Waals surface area (Å²) >= 11 is 0. The van der Waals surface area contributed by atoms with Crippen molar-refractivity contribution < 1.29 is 24.6 Å². The van der Waals surface area contributed by atoms with Crippen LogP contribution in [-0.2, 0) is 4.74 Å². The molecule has 4 atom stereocenters. The van der Waals surface area contributed by atoms with Crippen LogP contribution in [0.2, 0.25) is 0 Å². The number of nitrogens with zero attached hydrogens (tertiary/aromatic N) is 1. The minimum Gasteiger partial charge on any atom is -0.394 e. The molecular weight excluding hydrogens is 258 g/mol. The van der Waals surface area contributed by atoms with Crippen molar-refractivity contribution in [3.8, 4) is 0 Å². The van der Waals surface area contributed by atoms with Gasteiger partial charge >= 0.3 is 0 Å². The van der Waals surface area contributed by atoms with E-state index in [1.807, 2.05) is 47.3 Å². The summed E-state index contributed by atoms with van der Waals surface area (Å²) in [7, 11) is 0. The van der Waals surface area contributed by atoms with Crippen LogP contribution < -0.4 is 4.57 Å². The largest absolute Gasteiger partial charge is 0.394 e. The third kappa shape index (κ3) is 2.41. The Kier molecular flexibility index (Phi) is 3.67. The topological polar surface area (TPSA) is 73.8 Å². The lowest BCUT2D eigenvalue weighted by Crippen LogP contribution is -2.54. The van der Waals surface area contributed by atoms with Gasteiger partial charge in [-0.3, -0.25) is 0 Å². The summed E-state index contributed by atoms with van der Waals surface area (Å²) in [5.41, 5.74) is 0. The zero-order valence-electron chi connectivity index (χ0n) is 11.0. The predicted octanol–water partition coefficient (Wildman–Crippen LogP) is 0.129. The molecule has 1 saturated heterocycles. The maximum atomic E-state index is 9.87. The van der Waals surface area contributed by atoms with Gasteiger partial charge < -0.3 is 20.1 Å². The van der Waals surface area contributed by atoms with Crippen LogP contribution in [0.1, 0.15) is 12.6 Å². The van der Waals surface area contributed by atoms with Crippen LogP contribution in [0.4, 0.5) is 0 Å². The van der Waals surface area contributed by atoms with Crippen LogP contribution in [0.3, 0.4) is 0 Å². The first kappa shape index (κ1) is 13.5. The number of hydrogen-bond acceptors (Lipinski definition) is 4. The fraction of sp³-hybridized carbons (Fsp3) is 0.400. The molecule has 1 fully saturated rings. The Hall–Kier alpha value is -1.53. The first-order valence-corrected chi connectivity index (χ1v) is 6.71. The highest BCUT2D eigenvalue weighted by Crippen LogP contribution is 2.24. The van der Waals surface area contributed by atoms with E-state index >= 15 is 0 Å². The Balaban J connectivity index is 1.90. The van der Waals surface area contributed by atoms with Crippen molar-refractivity contribution in [2.24, 2.45) is 0 Å². The number of aromatic nitrogens is 1. The van der Waals surface area contributed by atoms with Gasteiger partial charge in [0.25, 0.3) is 6.23 Å². The second-order valence-electron chi connectivity index (χ2n) is 5.13. The summed E-state index contributed by atoms with van der Waals surface area (Å²) in [6.07, 6.45) is 1.02. The van der Waals surface area contributed by atoms with Crippen LogP contribution >= 0.6 is 0 Å². The Bertz CT molecular complexity index is 603. The number of pyridine rings is 1. The number of benzene rings is 1. The molecule has 1 aromatic heterocycles. The maximum absolute atomic E-state index is 9.87. The van der Waals surface area contributed by atoms with E-state index in [1.54, 1.807) is 0 Å². The van der Waals surface area contributed by atoms with Gasteiger partial charge in [0.1, 0.15) is 12.2 Å². The van der Waals surface area contributed by atoms with Gasteiger partial charge in [-0.25, -0.2) is 0 Å². The molecule has 3 rings (SSSR count). The highest BCUT2D eigenvalue weighted by Gasteiger charge is 2.40. The number of aliphatic hydroxyl groups is 3. The minimum absolute atomic E-state index is 0.292. The van der Waals surface area contributed by atoms with E-state index in [2.05, 4.69) is 0 Å². The van der Waals surface area contributed by atoms with Gasteiger partial charge in [-0.15, -0.1) is 0 Å². The van der Waals surface area contributed by atoms with Gasteiger partial charge in [0.05, 0.1) is 19.1 Å². The molecule has 5 heteroatoms. The fourth-order valence-corrected chi connectivity index (χ4v) is 2.60. The smallest absolute Gasteiger partial charge is 0.265 e. The molecule has 0 amide bonds. The van der Waals surface area contributed by atoms with Gasteiger partial charge in [-0.2, -0.15) is 4.57 Å². The second kappa shape index (κ2) is 5.46. The van der Waals surface area contributed by atoms with E-state index in [1.165, 1.54) is 0 Å². The van der Waals surface area contributed by atoms with E-state index in [9.17, 15) is 15.3 Å². The highest BCUT2D eigenvalue weighted by atomic mass is 16.5. The maximum Gasteiger partial charge on any atom is 0.265 e. The molecule has 2 aromatic rings. The van der Waals surface area contributed by atoms with Crippen molar-refractivity contribution >= 4 is 10.8 Å². The first-order valence-electron chi connectivity index (χ1n) is 6.71. The van der Waals surface area contributed by atoms with Crippen molar-refractivity contribution in [3.63, 3.8) is 0 Å². The molecule has 5 nitrogen and oxygen atoms in total. The molecule has 0 aliphatic carbocycles. The zero-order valence-corrected chi connectivity index (χ0v) is 11.0. The lowest BCUT2D eigenvalue weighted by atomic mass is 10.0. The normalized spacial score (nSPS) is 30.6. The van der Waals surface area contributed by atoms with Crippen molar-refractivity contribution in [1.29, 1.82) is 0 Å². The summed E-state index contributed by atoms with van der Waals surface area (Å²) in [6.45, 7) is -0.317. The molecule has 106 valence electrons. The minimum atomic E-state index is -1.04. The van der Waals surface area contributed by atoms with Gasteiger partial charge in [0, 0.05) is 11.5 Å². The Morgan fingerprint density at radius 2 is 1.90 bits per heavy atom. The van der Waals surface area contributed by atoms with Crippen molar-refractivity contribution in [3.05, 3.63) is 42.7 Å². The number of fused-ring (bicyclic) bond motifs is 1. The summed E-state index contributed by atoms with van der Waals surface area (Å²) < 4.78 is 7.52. The van der Waals surface area contributed by atoms with Gasteiger partial charge in [-0.05, 0) is 11.5 Å². The summed E-state index contributed by atoms with van der Waals surface area (Å²) in [5, 5.41) is 31.0. The van der Waals surface area contributed by atoms with Crippen LogP contribution in [0.25, 0.3) is 10.8 Å². The molecule has 2 heterocycles. The SMILES string of the molecule is OC[C@H]1O[C@@H]([n+]2ccc3ccccc3c2)C[C@@H](O)[C@@H]1O. The lowest BCUT2D eigenvalue weighted by molar-refractivity contribution is -0.769. The third-order valence-electron chi connectivity index (χ3n) is 3.77. The summed E-state index contributed by atoms with van der Waals surface area (Å²) in [5.74, 6) is 0. The van der Waals surface area contributed by atoms with Crippen LogP contribution in [0.15, 0.2) is 42.7 Å². The molecule has 1 aromatic carbocycles. The molecule has 1 aliphatic rings. The van der Waals surface area contributed by atoms with Crippen molar-refractivity contribution in [2.75, 3.05) is 6.61 Å². The van der Waals surface area contributed by atoms with Crippen LogP contribution in [-0.4, -0.2) is 40.2 Å². The van der Waals surface area contributed by atoms with Gasteiger partial charge in [0.15, 0.2) is 12.4 Å². The Labute approximate surface area is 116 Å². The van der Waals surface area contributed by atoms with E-state index < -0.39 is 24.5 Å². The van der Waals surface area contributed by atoms with E-state index in [-0.39, 0.29) is 6.61 Å². The number of rotatable bonds is 2. The molecular formula is C15H18NO4+. The summed E-state index contributed by atoms with van der Waals surface area (Å²) in [4.78, 5) is 0. The van der Waals surface area contributed by atoms with Crippen LogP contribution in [0, 0.1) is 0 Å². The molecule has 0 radical (unpaired) electrons. The molecule has 0 unspecified atom stereocenters. The Morgan fingerprint density at radius 1 is 1.15 bits per heavy atom. The fourth-order valence-electron chi connectivity index (χ4n) is 2.60. The van der Waals surface area contributed by atoms with Crippen molar-refractivity contribution in [2.45, 2.75) is 31.0 Å². The molecule has 0 saturated carbocycles. The molecule has 3 N–H and O–H groups in total. The van der Waals surface area contributed by atoms with E-state index in [0.717, 1.165) is 10.8 Å². The zero-order chi connectivity index (χ0) is 14.1. The highest BCUT2D eigenvalue weighted by molar-refractivity contribution is 5.80. The monoisotopic (exact) mass is 276 g/mol. The molecule has 20 heavy (non-hydrogen) atoms. The van der Waals surface area contributed by atoms with Crippen LogP contribution in [0.5, 0.6) is 0 Å². The number of ether oxygens (including phenoxy) is 1. The molecule has 1 aliphatic heterocycles. The predicted molar refractivity (Wildman–Crippen MR) is 71.8 cm³/mol. The molecule has 0 bridgehead atoms. The van der Waals surface area contributed by atoms with Gasteiger partial charge in [0.2, 0.25) is 0 Å². The average molecular weight is 276 g/mol. The first-order chi connectivity index (χ1) is 9.69. The van der Waals surface area contributed by atoms with Gasteiger partial charge in [-0.1, -0.05) is 18.2 Å². The van der Waals surface area contributed by atoms with Crippen molar-refractivity contribution in [1.82, 2.24) is 0 Å². The number of aliphatic hydroxyl groups excluding tert-OH is 3. The quantitative estimate of drug-likeness (QED) is 0.682. The average Bonchev–Trinajstić information content (AvgIpc) is 2.49. The summed E-state index contributed by atoms with van der Waals surface area (Å²) in [6, 6.07) is 9.94. The second-order valence-corrected chi connectivity index (χ2v) is 5.13. The standard InChI is InChI=1S/C15H18NO4/c17-9-13-15(19)12(18)7-14(20-13)16-6-5-10-3-1-2-4-11(10)8-16/h1-6,8,12-15,17-19H,7,9H2/q+1/t12-,13-,14-,15+/m1/s1.